The van der Waals surface area contributed by atoms with Gasteiger partial charge < -0.3 is 4.74 Å². The number of amides is 2. The molecule has 1 atom stereocenters. The number of hydrogen-bond donors (Lipinski definition) is 0. The lowest BCUT2D eigenvalue weighted by molar-refractivity contribution is -0.138. The lowest BCUT2D eigenvalue weighted by Crippen LogP contribution is -2.33. The molecule has 2 fully saturated rings. The molecule has 0 N–H and O–H groups in total. The number of benzene rings is 2. The van der Waals surface area contributed by atoms with Gasteiger partial charge in [-0.05, 0) is 73.0 Å². The summed E-state index contributed by atoms with van der Waals surface area (Å²) in [6.45, 7) is 6.94. The highest BCUT2D eigenvalue weighted by Gasteiger charge is 2.36. The molecule has 1 saturated carbocycles. The summed E-state index contributed by atoms with van der Waals surface area (Å²) in [4.78, 5) is 27.6. The molecule has 2 aromatic rings. The Kier molecular flexibility index (Phi) is 8.28. The van der Waals surface area contributed by atoms with Crippen LogP contribution >= 0.6 is 11.6 Å². The number of carbonyl (C=O) groups is 2. The lowest BCUT2D eigenvalue weighted by atomic mass is 9.99. The van der Waals surface area contributed by atoms with Crippen molar-refractivity contribution < 1.29 is 14.3 Å². The van der Waals surface area contributed by atoms with Crippen LogP contribution in [0.1, 0.15) is 68.7 Å². The van der Waals surface area contributed by atoms with Gasteiger partial charge in [-0.15, -0.1) is 0 Å². The summed E-state index contributed by atoms with van der Waals surface area (Å²) < 4.78 is 6.00. The molecule has 182 valence electrons. The van der Waals surface area contributed by atoms with Crippen molar-refractivity contribution in [1.29, 1.82) is 0 Å². The van der Waals surface area contributed by atoms with E-state index in [1.807, 2.05) is 18.2 Å². The zero-order valence-electron chi connectivity index (χ0n) is 20.3. The number of carbonyl (C=O) groups excluding carboxylic acids is 2. The monoisotopic (exact) mass is 482 g/mol. The zero-order chi connectivity index (χ0) is 24.1. The van der Waals surface area contributed by atoms with Crippen molar-refractivity contribution in [3.05, 3.63) is 64.2 Å². The minimum absolute atomic E-state index is 0.0958. The summed E-state index contributed by atoms with van der Waals surface area (Å²) in [6, 6.07) is 15.2. The van der Waals surface area contributed by atoms with Crippen LogP contribution in [-0.4, -0.2) is 41.3 Å². The smallest absolute Gasteiger partial charge is 0.229 e. The molecule has 2 aromatic carbocycles. The van der Waals surface area contributed by atoms with Crippen LogP contribution in [0.25, 0.3) is 0 Å². The predicted molar refractivity (Wildman–Crippen MR) is 135 cm³/mol. The van der Waals surface area contributed by atoms with E-state index in [-0.39, 0.29) is 11.8 Å². The first-order chi connectivity index (χ1) is 16.5. The minimum Gasteiger partial charge on any atom is -0.491 e. The zero-order valence-corrected chi connectivity index (χ0v) is 21.0. The van der Waals surface area contributed by atoms with E-state index in [2.05, 4.69) is 43.0 Å². The molecule has 1 aliphatic carbocycles. The maximum absolute atomic E-state index is 11.8. The first kappa shape index (κ1) is 24.7. The highest BCUT2D eigenvalue weighted by molar-refractivity contribution is 6.30. The van der Waals surface area contributed by atoms with E-state index < -0.39 is 0 Å². The summed E-state index contributed by atoms with van der Waals surface area (Å²) in [5.74, 6) is 1.35. The van der Waals surface area contributed by atoms with Gasteiger partial charge in [0, 0.05) is 30.5 Å². The van der Waals surface area contributed by atoms with E-state index in [9.17, 15) is 9.59 Å². The van der Waals surface area contributed by atoms with Gasteiger partial charge in [0.05, 0.1) is 6.54 Å². The van der Waals surface area contributed by atoms with E-state index in [0.717, 1.165) is 42.3 Å². The molecule has 1 unspecified atom stereocenters. The largest absolute Gasteiger partial charge is 0.491 e. The molecule has 0 bridgehead atoms. The van der Waals surface area contributed by atoms with Gasteiger partial charge in [0.1, 0.15) is 12.4 Å². The topological polar surface area (TPSA) is 49.9 Å². The molecule has 1 aliphatic heterocycles. The number of halogens is 1. The van der Waals surface area contributed by atoms with Crippen LogP contribution in [0.2, 0.25) is 5.02 Å². The second-order valence-corrected chi connectivity index (χ2v) is 9.82. The lowest BCUT2D eigenvalue weighted by Gasteiger charge is -2.32. The van der Waals surface area contributed by atoms with Gasteiger partial charge in [0.2, 0.25) is 11.8 Å². The summed E-state index contributed by atoms with van der Waals surface area (Å²) in [6.07, 6.45) is 5.17. The molecule has 2 amide bonds. The second kappa shape index (κ2) is 11.4. The third-order valence-electron chi connectivity index (χ3n) is 6.80. The molecule has 1 heterocycles. The van der Waals surface area contributed by atoms with Gasteiger partial charge in [-0.25, -0.2) is 0 Å². The Balaban J connectivity index is 1.45. The van der Waals surface area contributed by atoms with Crippen molar-refractivity contribution in [2.24, 2.45) is 5.92 Å². The fourth-order valence-corrected chi connectivity index (χ4v) is 5.08. The number of hydrogen-bond acceptors (Lipinski definition) is 4. The number of nitrogens with zero attached hydrogens (tertiary/aromatic N) is 2. The van der Waals surface area contributed by atoms with Crippen molar-refractivity contribution in [2.45, 2.75) is 65.0 Å². The Morgan fingerprint density at radius 1 is 1.06 bits per heavy atom. The molecular formula is C28H35ClN2O3. The van der Waals surface area contributed by atoms with Crippen LogP contribution in [0.15, 0.2) is 42.5 Å². The fourth-order valence-electron chi connectivity index (χ4n) is 4.96. The van der Waals surface area contributed by atoms with E-state index >= 15 is 0 Å². The molecule has 6 heteroatoms. The van der Waals surface area contributed by atoms with E-state index in [0.29, 0.717) is 38.0 Å². The molecule has 5 nitrogen and oxygen atoms in total. The third kappa shape index (κ3) is 6.00. The summed E-state index contributed by atoms with van der Waals surface area (Å²) in [7, 11) is 0. The molecule has 4 rings (SSSR count). The van der Waals surface area contributed by atoms with Gasteiger partial charge in [-0.1, -0.05) is 49.7 Å². The summed E-state index contributed by atoms with van der Waals surface area (Å²) in [5.41, 5.74) is 3.78. The standard InChI is InChI=1S/C28H35ClN2O3/c1-3-15-30(28(22-6-7-22)23-8-10-24(29)11-9-23)19-20-5-12-25(21(4-2)18-20)34-17-16-31-26(32)13-14-27(31)33/h5,8-12,18,22,28H,3-4,6-7,13-17,19H2,1-2H3. The second-order valence-electron chi connectivity index (χ2n) is 9.39. The summed E-state index contributed by atoms with van der Waals surface area (Å²) in [5, 5.41) is 0.780. The maximum Gasteiger partial charge on any atom is 0.229 e. The predicted octanol–water partition coefficient (Wildman–Crippen LogP) is 5.79. The van der Waals surface area contributed by atoms with E-state index in [1.165, 1.54) is 28.9 Å². The summed E-state index contributed by atoms with van der Waals surface area (Å²) >= 11 is 6.16. The molecule has 0 radical (unpaired) electrons. The average Bonchev–Trinajstić information content (AvgIpc) is 3.62. The SMILES string of the molecule is CCCN(Cc1ccc(OCCN2C(=O)CCC2=O)c(CC)c1)C(c1ccc(Cl)cc1)C1CC1. The first-order valence-electron chi connectivity index (χ1n) is 12.6. The molecule has 34 heavy (non-hydrogen) atoms. The number of aryl methyl sites for hydroxylation is 1. The van der Waals surface area contributed by atoms with Crippen molar-refractivity contribution in [1.82, 2.24) is 9.80 Å². The van der Waals surface area contributed by atoms with Gasteiger partial charge in [-0.2, -0.15) is 0 Å². The van der Waals surface area contributed by atoms with Gasteiger partial charge >= 0.3 is 0 Å². The van der Waals surface area contributed by atoms with Crippen LogP contribution < -0.4 is 4.74 Å². The molecule has 0 aromatic heterocycles. The quantitative estimate of drug-likeness (QED) is 0.359. The van der Waals surface area contributed by atoms with Crippen LogP contribution in [0.5, 0.6) is 5.75 Å². The van der Waals surface area contributed by atoms with Crippen LogP contribution in [-0.2, 0) is 22.6 Å². The maximum atomic E-state index is 11.8. The fraction of sp³-hybridized carbons (Fsp3) is 0.500. The Morgan fingerprint density at radius 2 is 1.76 bits per heavy atom. The van der Waals surface area contributed by atoms with Crippen molar-refractivity contribution in [2.75, 3.05) is 19.7 Å². The number of ether oxygens (including phenoxy) is 1. The number of rotatable bonds is 12. The van der Waals surface area contributed by atoms with Gasteiger partial charge in [0.15, 0.2) is 0 Å². The van der Waals surface area contributed by atoms with Gasteiger partial charge in [0.25, 0.3) is 0 Å². The normalized spacial score (nSPS) is 17.0. The first-order valence-corrected chi connectivity index (χ1v) is 12.9. The highest BCUT2D eigenvalue weighted by Crippen LogP contribution is 2.45. The van der Waals surface area contributed by atoms with Crippen molar-refractivity contribution in [3.8, 4) is 5.75 Å². The third-order valence-corrected chi connectivity index (χ3v) is 7.06. The minimum atomic E-state index is -0.0958. The van der Waals surface area contributed by atoms with E-state index in [1.54, 1.807) is 0 Å². The Labute approximate surface area is 208 Å². The average molecular weight is 483 g/mol. The van der Waals surface area contributed by atoms with E-state index in [4.69, 9.17) is 16.3 Å². The molecule has 1 saturated heterocycles. The van der Waals surface area contributed by atoms with Crippen molar-refractivity contribution in [3.63, 3.8) is 0 Å². The number of imide groups is 1. The molecule has 2 aliphatic rings. The van der Waals surface area contributed by atoms with Crippen molar-refractivity contribution >= 4 is 23.4 Å². The molecular weight excluding hydrogens is 448 g/mol. The van der Waals surface area contributed by atoms with Gasteiger partial charge in [-0.3, -0.25) is 19.4 Å². The van der Waals surface area contributed by atoms with Crippen LogP contribution in [0.3, 0.4) is 0 Å². The highest BCUT2D eigenvalue weighted by atomic mass is 35.5. The van der Waals surface area contributed by atoms with Crippen LogP contribution in [0.4, 0.5) is 0 Å². The van der Waals surface area contributed by atoms with Crippen LogP contribution in [0, 0.1) is 5.92 Å². The Bertz CT molecular complexity index is 987. The Morgan fingerprint density at radius 3 is 2.38 bits per heavy atom. The Hall–Kier alpha value is -2.37. The number of likely N-dealkylation sites (tertiary alicyclic amines) is 1. The molecule has 0 spiro atoms.